The van der Waals surface area contributed by atoms with Crippen molar-refractivity contribution in [2.45, 2.75) is 91.3 Å². The summed E-state index contributed by atoms with van der Waals surface area (Å²) in [7, 11) is 0. The lowest BCUT2D eigenvalue weighted by molar-refractivity contribution is -0.131. The zero-order valence-electron chi connectivity index (χ0n) is 26.5. The van der Waals surface area contributed by atoms with Gasteiger partial charge in [-0.3, -0.25) is 9.59 Å². The zero-order valence-corrected chi connectivity index (χ0v) is 26.5. The molecule has 0 bridgehead atoms. The van der Waals surface area contributed by atoms with Gasteiger partial charge in [0.25, 0.3) is 0 Å². The SMILES string of the molecule is CC(C)NC(=O)[C@H](CCCNC(=O)OCC1c2ccccc2-c2ccccc21)CC(=O)[C@@H](NC(=O)OC(C)(C)C)C(C)C. The number of benzene rings is 2. The molecule has 2 aromatic carbocycles. The lowest BCUT2D eigenvalue weighted by atomic mass is 9.89. The molecule has 1 aliphatic rings. The van der Waals surface area contributed by atoms with Crippen molar-refractivity contribution in [1.29, 1.82) is 0 Å². The van der Waals surface area contributed by atoms with Crippen LogP contribution in [-0.4, -0.2) is 54.7 Å². The minimum absolute atomic E-state index is 0.0311. The lowest BCUT2D eigenvalue weighted by Gasteiger charge is -2.26. The van der Waals surface area contributed by atoms with Gasteiger partial charge in [0.15, 0.2) is 5.78 Å². The van der Waals surface area contributed by atoms with Crippen molar-refractivity contribution < 1.29 is 28.7 Å². The Bertz CT molecular complexity index is 1240. The van der Waals surface area contributed by atoms with E-state index in [-0.39, 0.29) is 42.6 Å². The molecule has 0 spiro atoms. The van der Waals surface area contributed by atoms with Crippen LogP contribution in [0.4, 0.5) is 9.59 Å². The predicted molar refractivity (Wildman–Crippen MR) is 167 cm³/mol. The van der Waals surface area contributed by atoms with Crippen molar-refractivity contribution in [2.75, 3.05) is 13.2 Å². The second-order valence-electron chi connectivity index (χ2n) is 12.8. The van der Waals surface area contributed by atoms with E-state index in [2.05, 4.69) is 40.2 Å². The molecule has 3 rings (SSSR count). The maximum absolute atomic E-state index is 13.3. The van der Waals surface area contributed by atoms with E-state index in [1.54, 1.807) is 20.8 Å². The molecule has 1 aliphatic carbocycles. The summed E-state index contributed by atoms with van der Waals surface area (Å²) in [5, 5.41) is 8.34. The van der Waals surface area contributed by atoms with Crippen molar-refractivity contribution in [3.63, 3.8) is 0 Å². The van der Waals surface area contributed by atoms with Crippen LogP contribution in [0.25, 0.3) is 11.1 Å². The molecule has 0 aromatic heterocycles. The third kappa shape index (κ3) is 9.83. The highest BCUT2D eigenvalue weighted by atomic mass is 16.6. The summed E-state index contributed by atoms with van der Waals surface area (Å²) < 4.78 is 10.9. The number of rotatable bonds is 13. The summed E-state index contributed by atoms with van der Waals surface area (Å²) in [5.74, 6) is -1.31. The standard InChI is InChI=1S/C34H47N3O6/c1-21(2)30(37-33(41)43-34(5,6)7)29(38)19-23(31(39)36-22(3)4)13-12-18-35-32(40)42-20-28-26-16-10-8-14-24(26)25-15-9-11-17-27(25)28/h8-11,14-17,21-23,28,30H,12-13,18-20H2,1-7H3,(H,35,40)(H,36,39)(H,37,41)/t23-,30+/m1/s1. The zero-order chi connectivity index (χ0) is 31.7. The number of alkyl carbamates (subject to hydrolysis) is 2. The first-order valence-electron chi connectivity index (χ1n) is 15.2. The fourth-order valence-electron chi connectivity index (χ4n) is 5.34. The Kier molecular flexibility index (Phi) is 11.7. The van der Waals surface area contributed by atoms with Crippen LogP contribution in [0, 0.1) is 11.8 Å². The van der Waals surface area contributed by atoms with E-state index in [9.17, 15) is 19.2 Å². The van der Waals surface area contributed by atoms with Crippen LogP contribution in [0.3, 0.4) is 0 Å². The fourth-order valence-corrected chi connectivity index (χ4v) is 5.34. The highest BCUT2D eigenvalue weighted by molar-refractivity contribution is 5.92. The Hall–Kier alpha value is -3.88. The molecule has 2 atom stereocenters. The molecular weight excluding hydrogens is 546 g/mol. The van der Waals surface area contributed by atoms with Crippen molar-refractivity contribution in [2.24, 2.45) is 11.8 Å². The fraction of sp³-hybridized carbons (Fsp3) is 0.529. The first-order chi connectivity index (χ1) is 20.3. The molecular formula is C34H47N3O6. The van der Waals surface area contributed by atoms with E-state index in [4.69, 9.17) is 9.47 Å². The maximum Gasteiger partial charge on any atom is 0.408 e. The summed E-state index contributed by atoms with van der Waals surface area (Å²) >= 11 is 0. The Labute approximate surface area is 255 Å². The van der Waals surface area contributed by atoms with Gasteiger partial charge >= 0.3 is 12.2 Å². The van der Waals surface area contributed by atoms with Crippen molar-refractivity contribution >= 4 is 23.9 Å². The maximum atomic E-state index is 13.3. The van der Waals surface area contributed by atoms with Crippen LogP contribution in [0.2, 0.25) is 0 Å². The number of fused-ring (bicyclic) bond motifs is 3. The Balaban J connectivity index is 1.53. The summed E-state index contributed by atoms with van der Waals surface area (Å²) in [4.78, 5) is 51.2. The van der Waals surface area contributed by atoms with E-state index < -0.39 is 29.7 Å². The Morgan fingerprint density at radius 2 is 1.42 bits per heavy atom. The molecule has 0 radical (unpaired) electrons. The second-order valence-corrected chi connectivity index (χ2v) is 12.8. The topological polar surface area (TPSA) is 123 Å². The number of hydrogen-bond donors (Lipinski definition) is 3. The predicted octanol–water partition coefficient (Wildman–Crippen LogP) is 5.95. The second kappa shape index (κ2) is 15.0. The van der Waals surface area contributed by atoms with Gasteiger partial charge in [0.05, 0.1) is 6.04 Å². The smallest absolute Gasteiger partial charge is 0.408 e. The molecule has 43 heavy (non-hydrogen) atoms. The normalized spacial score (nSPS) is 14.0. The van der Waals surface area contributed by atoms with Crippen molar-refractivity contribution in [3.05, 3.63) is 59.7 Å². The summed E-state index contributed by atoms with van der Waals surface area (Å²) in [6.45, 7) is 13.1. The van der Waals surface area contributed by atoms with E-state index in [0.717, 1.165) is 22.3 Å². The third-order valence-electron chi connectivity index (χ3n) is 7.28. The van der Waals surface area contributed by atoms with Crippen LogP contribution in [-0.2, 0) is 19.1 Å². The van der Waals surface area contributed by atoms with Crippen molar-refractivity contribution in [1.82, 2.24) is 16.0 Å². The lowest BCUT2D eigenvalue weighted by Crippen LogP contribution is -2.47. The highest BCUT2D eigenvalue weighted by Gasteiger charge is 2.31. The van der Waals surface area contributed by atoms with Crippen LogP contribution in [0.15, 0.2) is 48.5 Å². The van der Waals surface area contributed by atoms with Crippen molar-refractivity contribution in [3.8, 4) is 11.1 Å². The number of carbonyl (C=O) groups excluding carboxylic acids is 4. The molecule has 0 fully saturated rings. The molecule has 9 heteroatoms. The van der Waals surface area contributed by atoms with E-state index in [1.807, 2.05) is 52.0 Å². The average molecular weight is 594 g/mol. The summed E-state index contributed by atoms with van der Waals surface area (Å²) in [5.41, 5.74) is 3.90. The van der Waals surface area contributed by atoms with Gasteiger partial charge in [-0.15, -0.1) is 0 Å². The first-order valence-corrected chi connectivity index (χ1v) is 15.2. The number of nitrogens with one attached hydrogen (secondary N) is 3. The minimum atomic E-state index is -0.789. The number of ether oxygens (including phenoxy) is 2. The molecule has 0 saturated heterocycles. The molecule has 9 nitrogen and oxygen atoms in total. The highest BCUT2D eigenvalue weighted by Crippen LogP contribution is 2.44. The minimum Gasteiger partial charge on any atom is -0.449 e. The van der Waals surface area contributed by atoms with E-state index >= 15 is 0 Å². The average Bonchev–Trinajstić information content (AvgIpc) is 3.24. The van der Waals surface area contributed by atoms with Gasteiger partial charge in [0, 0.05) is 30.8 Å². The van der Waals surface area contributed by atoms with Gasteiger partial charge < -0.3 is 25.4 Å². The number of Topliss-reactive ketones (excluding diaryl/α,β-unsaturated/α-hetero) is 1. The van der Waals surface area contributed by atoms with Gasteiger partial charge in [0.1, 0.15) is 12.2 Å². The molecule has 2 aromatic rings. The Morgan fingerprint density at radius 3 is 1.95 bits per heavy atom. The third-order valence-corrected chi connectivity index (χ3v) is 7.28. The number of hydrogen-bond acceptors (Lipinski definition) is 6. The van der Waals surface area contributed by atoms with Crippen LogP contribution >= 0.6 is 0 Å². The van der Waals surface area contributed by atoms with Crippen LogP contribution < -0.4 is 16.0 Å². The monoisotopic (exact) mass is 593 g/mol. The van der Waals surface area contributed by atoms with Gasteiger partial charge in [0.2, 0.25) is 5.91 Å². The largest absolute Gasteiger partial charge is 0.449 e. The molecule has 234 valence electrons. The first kappa shape index (κ1) is 33.6. The molecule has 3 amide bonds. The van der Waals surface area contributed by atoms with Gasteiger partial charge in [-0.2, -0.15) is 0 Å². The number of ketones is 1. The van der Waals surface area contributed by atoms with E-state index in [0.29, 0.717) is 19.4 Å². The number of amides is 3. The quantitative estimate of drug-likeness (QED) is 0.247. The molecule has 0 aliphatic heterocycles. The molecule has 0 saturated carbocycles. The Morgan fingerprint density at radius 1 is 0.837 bits per heavy atom. The van der Waals surface area contributed by atoms with Gasteiger partial charge in [-0.25, -0.2) is 9.59 Å². The summed E-state index contributed by atoms with van der Waals surface area (Å²) in [6, 6.07) is 15.4. The summed E-state index contributed by atoms with van der Waals surface area (Å²) in [6.07, 6.45) is -0.384. The van der Waals surface area contributed by atoms with Crippen LogP contribution in [0.1, 0.15) is 84.8 Å². The molecule has 0 heterocycles. The van der Waals surface area contributed by atoms with Gasteiger partial charge in [-0.05, 0) is 75.6 Å². The van der Waals surface area contributed by atoms with Crippen LogP contribution in [0.5, 0.6) is 0 Å². The van der Waals surface area contributed by atoms with Gasteiger partial charge in [-0.1, -0.05) is 62.4 Å². The molecule has 0 unspecified atom stereocenters. The number of carbonyl (C=O) groups is 4. The van der Waals surface area contributed by atoms with E-state index in [1.165, 1.54) is 0 Å². The molecule has 3 N–H and O–H groups in total.